The number of alkyl halides is 2. The largest absolute Gasteiger partial charge is 0.434 e. The van der Waals surface area contributed by atoms with E-state index < -0.39 is 6.61 Å². The Balaban J connectivity index is 1.57. The third-order valence-electron chi connectivity index (χ3n) is 5.21. The number of aliphatic imine (C=N–C) groups is 1. The van der Waals surface area contributed by atoms with Crippen molar-refractivity contribution in [3.05, 3.63) is 29.8 Å². The molecule has 3 rings (SSSR count). The molecular formula is C19H28F2N4O2S. The fourth-order valence-electron chi connectivity index (χ4n) is 3.64. The monoisotopic (exact) mass is 414 g/mol. The summed E-state index contributed by atoms with van der Waals surface area (Å²) in [7, 11) is 1.71. The lowest BCUT2D eigenvalue weighted by atomic mass is 9.95. The van der Waals surface area contributed by atoms with Crippen LogP contribution in [0.2, 0.25) is 0 Å². The van der Waals surface area contributed by atoms with Crippen LogP contribution in [0.5, 0.6) is 5.75 Å². The van der Waals surface area contributed by atoms with Gasteiger partial charge in [0.2, 0.25) is 0 Å². The molecule has 0 spiro atoms. The Bertz CT molecular complexity index is 651. The molecule has 2 aliphatic heterocycles. The second-order valence-corrected chi connectivity index (χ2v) is 8.00. The van der Waals surface area contributed by atoms with E-state index in [1.165, 1.54) is 0 Å². The molecule has 156 valence electrons. The molecule has 6 nitrogen and oxygen atoms in total. The molecule has 1 atom stereocenters. The zero-order chi connectivity index (χ0) is 19.8. The highest BCUT2D eigenvalue weighted by molar-refractivity contribution is 7.99. The molecule has 0 bridgehead atoms. The maximum absolute atomic E-state index is 12.6. The van der Waals surface area contributed by atoms with Crippen molar-refractivity contribution in [3.63, 3.8) is 0 Å². The van der Waals surface area contributed by atoms with Crippen LogP contribution in [0.3, 0.4) is 0 Å². The van der Waals surface area contributed by atoms with E-state index in [0.29, 0.717) is 18.1 Å². The molecule has 1 unspecified atom stereocenters. The van der Waals surface area contributed by atoms with E-state index in [1.807, 2.05) is 11.8 Å². The zero-order valence-corrected chi connectivity index (χ0v) is 16.9. The number of halogens is 2. The van der Waals surface area contributed by atoms with Gasteiger partial charge in [0.15, 0.2) is 5.96 Å². The van der Waals surface area contributed by atoms with Crippen LogP contribution in [-0.2, 0) is 11.3 Å². The number of rotatable bonds is 7. The van der Waals surface area contributed by atoms with Crippen molar-refractivity contribution >= 4 is 17.7 Å². The van der Waals surface area contributed by atoms with Crippen LogP contribution in [0.25, 0.3) is 0 Å². The third-order valence-corrected chi connectivity index (χ3v) is 6.44. The van der Waals surface area contributed by atoms with E-state index in [-0.39, 0.29) is 11.3 Å². The Morgan fingerprint density at radius 2 is 2.11 bits per heavy atom. The predicted octanol–water partition coefficient (Wildman–Crippen LogP) is 2.16. The van der Waals surface area contributed by atoms with Crippen molar-refractivity contribution in [2.75, 3.05) is 51.4 Å². The van der Waals surface area contributed by atoms with Gasteiger partial charge in [0.25, 0.3) is 0 Å². The molecule has 2 fully saturated rings. The highest BCUT2D eigenvalue weighted by Crippen LogP contribution is 2.33. The minimum absolute atomic E-state index is 0.1000. The van der Waals surface area contributed by atoms with Gasteiger partial charge in [-0.25, -0.2) is 0 Å². The minimum Gasteiger partial charge on any atom is -0.434 e. The van der Waals surface area contributed by atoms with Gasteiger partial charge in [0, 0.05) is 50.1 Å². The summed E-state index contributed by atoms with van der Waals surface area (Å²) in [6, 6.07) is 6.79. The highest BCUT2D eigenvalue weighted by Gasteiger charge is 2.40. The van der Waals surface area contributed by atoms with Gasteiger partial charge in [-0.1, -0.05) is 18.2 Å². The van der Waals surface area contributed by atoms with Gasteiger partial charge in [-0.2, -0.15) is 20.5 Å². The highest BCUT2D eigenvalue weighted by atomic mass is 32.2. The average molecular weight is 415 g/mol. The maximum atomic E-state index is 12.6. The minimum atomic E-state index is -2.84. The predicted molar refractivity (Wildman–Crippen MR) is 108 cm³/mol. The van der Waals surface area contributed by atoms with Crippen LogP contribution in [0, 0.1) is 0 Å². The van der Waals surface area contributed by atoms with E-state index in [2.05, 4.69) is 25.3 Å². The number of nitrogens with zero attached hydrogens (tertiary/aromatic N) is 2. The van der Waals surface area contributed by atoms with E-state index in [0.717, 1.165) is 50.8 Å². The van der Waals surface area contributed by atoms with Crippen LogP contribution >= 0.6 is 11.8 Å². The van der Waals surface area contributed by atoms with Gasteiger partial charge in [-0.3, -0.25) is 9.89 Å². The molecule has 28 heavy (non-hydrogen) atoms. The number of thioether (sulfide) groups is 1. The van der Waals surface area contributed by atoms with Crippen molar-refractivity contribution in [3.8, 4) is 5.75 Å². The van der Waals surface area contributed by atoms with Gasteiger partial charge >= 0.3 is 6.61 Å². The fraction of sp³-hybridized carbons (Fsp3) is 0.632. The quantitative estimate of drug-likeness (QED) is 0.527. The SMILES string of the molecule is CN=C(NCc1ccccc1OC(F)F)NCC1(N2CCOCC2)CCSC1. The first-order chi connectivity index (χ1) is 13.6. The summed E-state index contributed by atoms with van der Waals surface area (Å²) in [4.78, 5) is 6.82. The summed E-state index contributed by atoms with van der Waals surface area (Å²) in [5, 5.41) is 6.64. The Labute approximate surface area is 169 Å². The van der Waals surface area contributed by atoms with Crippen LogP contribution in [0.4, 0.5) is 8.78 Å². The number of para-hydroxylation sites is 1. The van der Waals surface area contributed by atoms with Crippen molar-refractivity contribution < 1.29 is 18.3 Å². The van der Waals surface area contributed by atoms with Crippen molar-refractivity contribution in [1.29, 1.82) is 0 Å². The molecule has 0 aromatic heterocycles. The first kappa shape index (κ1) is 21.1. The maximum Gasteiger partial charge on any atom is 0.387 e. The summed E-state index contributed by atoms with van der Waals surface area (Å²) in [6.45, 7) is 1.75. The topological polar surface area (TPSA) is 58.1 Å². The standard InChI is InChI=1S/C19H28F2N4O2S/c1-22-18(23-12-15-4-2-3-5-16(15)27-17(20)21)24-13-19(6-11-28-14-19)25-7-9-26-10-8-25/h2-5,17H,6-14H2,1H3,(H2,22,23,24). The molecule has 0 aliphatic carbocycles. The number of nitrogens with one attached hydrogen (secondary N) is 2. The Morgan fingerprint density at radius 1 is 1.32 bits per heavy atom. The lowest BCUT2D eigenvalue weighted by Crippen LogP contribution is -2.60. The van der Waals surface area contributed by atoms with Gasteiger partial charge in [0.05, 0.1) is 13.2 Å². The molecule has 2 N–H and O–H groups in total. The lowest BCUT2D eigenvalue weighted by Gasteiger charge is -2.43. The number of hydrogen-bond donors (Lipinski definition) is 2. The molecule has 2 saturated heterocycles. The molecule has 2 heterocycles. The summed E-state index contributed by atoms with van der Waals surface area (Å²) < 4.78 is 35.3. The van der Waals surface area contributed by atoms with E-state index in [1.54, 1.807) is 31.3 Å². The molecule has 0 radical (unpaired) electrons. The van der Waals surface area contributed by atoms with Crippen molar-refractivity contribution in [2.45, 2.75) is 25.1 Å². The Kier molecular flexibility index (Phi) is 7.75. The Morgan fingerprint density at radius 3 is 2.79 bits per heavy atom. The molecule has 1 aromatic rings. The van der Waals surface area contributed by atoms with Crippen LogP contribution in [0.15, 0.2) is 29.3 Å². The van der Waals surface area contributed by atoms with Gasteiger partial charge in [-0.05, 0) is 18.2 Å². The van der Waals surface area contributed by atoms with Gasteiger partial charge < -0.3 is 20.1 Å². The number of guanidine groups is 1. The first-order valence-electron chi connectivity index (χ1n) is 9.51. The van der Waals surface area contributed by atoms with Gasteiger partial charge in [0.1, 0.15) is 5.75 Å². The molecule has 0 saturated carbocycles. The van der Waals surface area contributed by atoms with Crippen molar-refractivity contribution in [1.82, 2.24) is 15.5 Å². The first-order valence-corrected chi connectivity index (χ1v) is 10.7. The fourth-order valence-corrected chi connectivity index (χ4v) is 5.12. The van der Waals surface area contributed by atoms with Crippen molar-refractivity contribution in [2.24, 2.45) is 4.99 Å². The molecule has 9 heteroatoms. The second kappa shape index (κ2) is 10.3. The average Bonchev–Trinajstić information content (AvgIpc) is 3.20. The summed E-state index contributed by atoms with van der Waals surface area (Å²) in [5.41, 5.74) is 0.757. The lowest BCUT2D eigenvalue weighted by molar-refractivity contribution is -0.0504. The third kappa shape index (κ3) is 5.48. The van der Waals surface area contributed by atoms with E-state index in [4.69, 9.17) is 4.74 Å². The second-order valence-electron chi connectivity index (χ2n) is 6.89. The normalized spacial score (nSPS) is 23.8. The molecule has 1 aromatic carbocycles. The summed E-state index contributed by atoms with van der Waals surface area (Å²) >= 11 is 1.98. The number of hydrogen-bond acceptors (Lipinski definition) is 5. The summed E-state index contributed by atoms with van der Waals surface area (Å²) in [6.07, 6.45) is 1.13. The summed E-state index contributed by atoms with van der Waals surface area (Å²) in [5.74, 6) is 3.07. The molecule has 0 amide bonds. The van der Waals surface area contributed by atoms with E-state index in [9.17, 15) is 8.78 Å². The zero-order valence-electron chi connectivity index (χ0n) is 16.1. The van der Waals surface area contributed by atoms with Crippen LogP contribution < -0.4 is 15.4 Å². The van der Waals surface area contributed by atoms with Gasteiger partial charge in [-0.15, -0.1) is 0 Å². The number of benzene rings is 1. The molecule has 2 aliphatic rings. The smallest absolute Gasteiger partial charge is 0.387 e. The number of ether oxygens (including phenoxy) is 2. The number of morpholine rings is 1. The van der Waals surface area contributed by atoms with Crippen LogP contribution in [0.1, 0.15) is 12.0 Å². The van der Waals surface area contributed by atoms with Crippen LogP contribution in [-0.4, -0.2) is 74.4 Å². The molecular weight excluding hydrogens is 386 g/mol. The Hall–Kier alpha value is -1.58. The van der Waals surface area contributed by atoms with E-state index >= 15 is 0 Å².